The van der Waals surface area contributed by atoms with Gasteiger partial charge in [0.2, 0.25) is 0 Å². The quantitative estimate of drug-likeness (QED) is 0.223. The second kappa shape index (κ2) is 8.62. The van der Waals surface area contributed by atoms with Crippen LogP contribution in [-0.2, 0) is 9.59 Å². The summed E-state index contributed by atoms with van der Waals surface area (Å²) in [5.74, 6) is -0.976. The number of pyridine rings is 1. The Kier molecular flexibility index (Phi) is 5.63. The Hall–Kier alpha value is -3.62. The Balaban J connectivity index is 1.57. The summed E-state index contributed by atoms with van der Waals surface area (Å²) in [4.78, 5) is 31.8. The summed E-state index contributed by atoms with van der Waals surface area (Å²) in [6, 6.07) is 19.2. The van der Waals surface area contributed by atoms with Gasteiger partial charge in [0, 0.05) is 33.1 Å². The van der Waals surface area contributed by atoms with Crippen LogP contribution in [0, 0.1) is 13.8 Å². The van der Waals surface area contributed by atoms with E-state index < -0.39 is 11.8 Å². The number of thiocarbonyl (C=S) groups is 1. The van der Waals surface area contributed by atoms with Crippen LogP contribution >= 0.6 is 28.1 Å². The third kappa shape index (κ3) is 3.85. The number of benzene rings is 2. The molecule has 0 unspecified atom stereocenters. The predicted octanol–water partition coefficient (Wildman–Crippen LogP) is 5.24. The number of amides is 2. The van der Waals surface area contributed by atoms with Crippen molar-refractivity contribution in [2.75, 3.05) is 4.90 Å². The highest BCUT2D eigenvalue weighted by Gasteiger charge is 2.34. The number of carbonyl (C=O) groups excluding carboxylic acids is 2. The smallest absolute Gasteiger partial charge is 0.270 e. The maximum Gasteiger partial charge on any atom is 0.270 e. The molecule has 1 fully saturated rings. The van der Waals surface area contributed by atoms with Gasteiger partial charge in [0.05, 0.1) is 11.2 Å². The topological polar surface area (TPSA) is 67.2 Å². The van der Waals surface area contributed by atoms with Crippen LogP contribution in [0.25, 0.3) is 22.7 Å². The number of anilines is 1. The molecule has 168 valence electrons. The van der Waals surface area contributed by atoms with Gasteiger partial charge in [-0.05, 0) is 86.2 Å². The van der Waals surface area contributed by atoms with Gasteiger partial charge in [-0.25, -0.2) is 0 Å². The maximum absolute atomic E-state index is 13.4. The zero-order valence-electron chi connectivity index (χ0n) is 18.4. The largest absolute Gasteiger partial charge is 0.318 e. The molecule has 5 rings (SSSR count). The second-order valence-corrected chi connectivity index (χ2v) is 9.28. The third-order valence-electron chi connectivity index (χ3n) is 5.78. The number of hydrogen-bond donors (Lipinski definition) is 1. The summed E-state index contributed by atoms with van der Waals surface area (Å²) in [6.07, 6.45) is 3.40. The molecule has 34 heavy (non-hydrogen) atoms. The number of aryl methyl sites for hydroxylation is 1. The maximum atomic E-state index is 13.4. The number of rotatable bonds is 3. The van der Waals surface area contributed by atoms with Gasteiger partial charge in [-0.15, -0.1) is 0 Å². The number of aromatic nitrogens is 2. The molecule has 0 atom stereocenters. The molecule has 0 spiro atoms. The van der Waals surface area contributed by atoms with Crippen molar-refractivity contribution in [1.82, 2.24) is 14.9 Å². The van der Waals surface area contributed by atoms with E-state index in [1.165, 1.54) is 4.90 Å². The van der Waals surface area contributed by atoms with Gasteiger partial charge in [0.25, 0.3) is 11.8 Å². The lowest BCUT2D eigenvalue weighted by molar-refractivity contribution is -0.122. The van der Waals surface area contributed by atoms with E-state index in [9.17, 15) is 9.59 Å². The second-order valence-electron chi connectivity index (χ2n) is 7.98. The standard InChI is InChI=1S/C26H19BrN4O2S/c1-15-11-18(16(2)30(15)21-8-9-23-17(12-21)5-4-10-28-23)13-22-24(32)29-26(34)31(25(22)33)20-7-3-6-19(27)14-20/h3-14H,1-2H3,(H,29,32,34)/b22-13+. The lowest BCUT2D eigenvalue weighted by Crippen LogP contribution is -2.54. The van der Waals surface area contributed by atoms with Gasteiger partial charge in [-0.3, -0.25) is 24.8 Å². The molecular formula is C26H19BrN4O2S. The fourth-order valence-corrected chi connectivity index (χ4v) is 4.86. The molecule has 0 saturated carbocycles. The molecule has 0 aliphatic carbocycles. The Bertz CT molecular complexity index is 1540. The molecule has 1 saturated heterocycles. The first kappa shape index (κ1) is 22.2. The van der Waals surface area contributed by atoms with E-state index in [4.69, 9.17) is 12.2 Å². The van der Waals surface area contributed by atoms with Crippen molar-refractivity contribution in [3.05, 3.63) is 93.9 Å². The summed E-state index contributed by atoms with van der Waals surface area (Å²) < 4.78 is 2.90. The van der Waals surface area contributed by atoms with E-state index in [1.807, 2.05) is 56.3 Å². The fraction of sp³-hybridized carbons (Fsp3) is 0.0769. The Morgan fingerprint density at radius 1 is 1.00 bits per heavy atom. The summed E-state index contributed by atoms with van der Waals surface area (Å²) in [6.45, 7) is 3.96. The first-order valence-corrected chi connectivity index (χ1v) is 11.7. The van der Waals surface area contributed by atoms with E-state index in [1.54, 1.807) is 24.4 Å². The van der Waals surface area contributed by atoms with E-state index >= 15 is 0 Å². The van der Waals surface area contributed by atoms with E-state index in [0.717, 1.165) is 38.0 Å². The monoisotopic (exact) mass is 530 g/mol. The minimum Gasteiger partial charge on any atom is -0.318 e. The Morgan fingerprint density at radius 2 is 1.82 bits per heavy atom. The number of hydrogen-bond acceptors (Lipinski definition) is 4. The Labute approximate surface area is 210 Å². The van der Waals surface area contributed by atoms with E-state index in [2.05, 4.69) is 36.9 Å². The van der Waals surface area contributed by atoms with Gasteiger partial charge in [0.1, 0.15) is 5.57 Å². The molecule has 2 amide bonds. The number of halogens is 1. The SMILES string of the molecule is Cc1cc(/C=C2\C(=O)NC(=S)N(c3cccc(Br)c3)C2=O)c(C)n1-c1ccc2ncccc2c1. The molecule has 8 heteroatoms. The first-order chi connectivity index (χ1) is 16.3. The van der Waals surface area contributed by atoms with Gasteiger partial charge in [-0.2, -0.15) is 0 Å². The molecule has 6 nitrogen and oxygen atoms in total. The molecule has 2 aromatic heterocycles. The number of nitrogens with zero attached hydrogens (tertiary/aromatic N) is 3. The van der Waals surface area contributed by atoms with Crippen LogP contribution in [0.5, 0.6) is 0 Å². The highest BCUT2D eigenvalue weighted by atomic mass is 79.9. The summed E-state index contributed by atoms with van der Waals surface area (Å²) in [5.41, 5.74) is 5.18. The minimum absolute atomic E-state index is 0.0246. The molecule has 4 aromatic rings. The lowest BCUT2D eigenvalue weighted by Gasteiger charge is -2.29. The van der Waals surface area contributed by atoms with Crippen molar-refractivity contribution in [3.8, 4) is 5.69 Å². The Morgan fingerprint density at radius 3 is 2.62 bits per heavy atom. The number of nitrogens with one attached hydrogen (secondary N) is 1. The van der Waals surface area contributed by atoms with Crippen molar-refractivity contribution in [1.29, 1.82) is 0 Å². The molecule has 2 aromatic carbocycles. The summed E-state index contributed by atoms with van der Waals surface area (Å²) in [5, 5.41) is 3.73. The van der Waals surface area contributed by atoms with Crippen molar-refractivity contribution in [2.45, 2.75) is 13.8 Å². The van der Waals surface area contributed by atoms with Crippen molar-refractivity contribution in [2.24, 2.45) is 0 Å². The average Bonchev–Trinajstić information content (AvgIpc) is 3.09. The summed E-state index contributed by atoms with van der Waals surface area (Å²) >= 11 is 8.72. The average molecular weight is 531 g/mol. The fourth-order valence-electron chi connectivity index (χ4n) is 4.20. The zero-order chi connectivity index (χ0) is 24.0. The molecule has 1 aliphatic heterocycles. The lowest BCUT2D eigenvalue weighted by atomic mass is 10.1. The molecule has 1 aliphatic rings. The number of carbonyl (C=O) groups is 2. The van der Waals surface area contributed by atoms with Gasteiger partial charge >= 0.3 is 0 Å². The minimum atomic E-state index is -0.511. The molecule has 0 bridgehead atoms. The van der Waals surface area contributed by atoms with Crippen molar-refractivity contribution >= 4 is 67.7 Å². The number of fused-ring (bicyclic) bond motifs is 1. The van der Waals surface area contributed by atoms with Crippen LogP contribution in [0.2, 0.25) is 0 Å². The molecule has 1 N–H and O–H groups in total. The van der Waals surface area contributed by atoms with Crippen LogP contribution in [0.1, 0.15) is 17.0 Å². The van der Waals surface area contributed by atoms with Gasteiger partial charge in [-0.1, -0.05) is 28.1 Å². The van der Waals surface area contributed by atoms with Crippen LogP contribution < -0.4 is 10.2 Å². The normalized spacial score (nSPS) is 15.3. The van der Waals surface area contributed by atoms with E-state index in [0.29, 0.717) is 5.69 Å². The third-order valence-corrected chi connectivity index (χ3v) is 6.56. The molecule has 3 heterocycles. The van der Waals surface area contributed by atoms with Crippen LogP contribution in [0.3, 0.4) is 0 Å². The van der Waals surface area contributed by atoms with Crippen LogP contribution in [0.15, 0.2) is 76.9 Å². The zero-order valence-corrected chi connectivity index (χ0v) is 20.8. The van der Waals surface area contributed by atoms with Crippen LogP contribution in [-0.4, -0.2) is 26.5 Å². The highest BCUT2D eigenvalue weighted by Crippen LogP contribution is 2.28. The summed E-state index contributed by atoms with van der Waals surface area (Å²) in [7, 11) is 0. The molecule has 0 radical (unpaired) electrons. The highest BCUT2D eigenvalue weighted by molar-refractivity contribution is 9.10. The van der Waals surface area contributed by atoms with Crippen LogP contribution in [0.4, 0.5) is 5.69 Å². The van der Waals surface area contributed by atoms with Gasteiger partial charge < -0.3 is 4.57 Å². The van der Waals surface area contributed by atoms with Crippen molar-refractivity contribution < 1.29 is 9.59 Å². The first-order valence-electron chi connectivity index (χ1n) is 10.5. The molecular weight excluding hydrogens is 512 g/mol. The van der Waals surface area contributed by atoms with E-state index in [-0.39, 0.29) is 10.7 Å². The predicted molar refractivity (Wildman–Crippen MR) is 141 cm³/mol. The van der Waals surface area contributed by atoms with Gasteiger partial charge in [0.15, 0.2) is 5.11 Å². The van der Waals surface area contributed by atoms with Crippen molar-refractivity contribution in [3.63, 3.8) is 0 Å².